The summed E-state index contributed by atoms with van der Waals surface area (Å²) >= 11 is 0. The van der Waals surface area contributed by atoms with Gasteiger partial charge >= 0.3 is 12.1 Å². The first kappa shape index (κ1) is 102. The molecule has 4 fully saturated rings. The van der Waals surface area contributed by atoms with E-state index < -0.39 is 120 Å². The molecule has 4 aromatic rings. The Bertz CT molecular complexity index is 4190. The van der Waals surface area contributed by atoms with Crippen molar-refractivity contribution in [1.82, 2.24) is 40.1 Å². The number of ether oxygens (including phenoxy) is 15. The molecule has 2 saturated heterocycles. The maximum atomic E-state index is 14.6. The van der Waals surface area contributed by atoms with Gasteiger partial charge in [-0.1, -0.05) is 76.3 Å². The zero-order valence-corrected chi connectivity index (χ0v) is 75.0. The number of hydrogen-bond acceptors (Lipinski definition) is 30. The summed E-state index contributed by atoms with van der Waals surface area (Å²) in [7, 11) is 4.70. The van der Waals surface area contributed by atoms with Gasteiger partial charge in [0.2, 0.25) is 11.7 Å². The van der Waals surface area contributed by atoms with Crippen molar-refractivity contribution < 1.29 is 120 Å². The Morgan fingerprint density at radius 3 is 1.92 bits per heavy atom. The third-order valence-corrected chi connectivity index (χ3v) is 24.3. The molecule has 2 saturated carbocycles. The van der Waals surface area contributed by atoms with Crippen LogP contribution in [0.3, 0.4) is 0 Å². The van der Waals surface area contributed by atoms with Crippen LogP contribution in [0.4, 0.5) is 10.6 Å². The van der Waals surface area contributed by atoms with Crippen molar-refractivity contribution in [2.24, 2.45) is 41.2 Å². The van der Waals surface area contributed by atoms with Gasteiger partial charge in [0.1, 0.15) is 65.4 Å². The standard InChI is InChI=1S/C91H138N10O25/c1-58-16-11-10-12-17-59(2)75(113-8)55-68-27-21-63(6)91(111,126-68)84(106)88(108)100-31-14-13-19-71(100)89(109)124-76(56-72(102)60(3)51-62(5)82(104)83(105)81(103)61(4)50-58)69(92)52-64-22-28-73(77(53-64)114-9)125-90(110)95-30-33-116-35-37-118-39-41-120-43-45-122-47-49-123-48-46-121-44-42-119-40-38-117-36-34-115-32-29-94-87(107)66-25-23-65(24-26-66)86-99-79(80-85(93)96-57-97-101(80)86)70-54-67-18-15-20-74(112-7)78(67)98-70/h10-12,15-18,20,51,54,57-58,60-61,63-66,68-69,71,73,75-77,82-83,98,104-105,111H,13-14,19,21-50,52-53,55-56,92H2,1-9H3,(H,94,107)(H,95,110)(H2,93,96,97)/b12-10+,16-11+,59-17+,62-51+/t58-,60-,61-,63-,64+,65?,66?,68+,69-,71+,73-,75+,76+,77-,82-,83+,91-/m1/s1. The van der Waals surface area contributed by atoms with E-state index in [0.29, 0.717) is 181 Å². The average molecular weight is 1770 g/mol. The number of ketones is 3. The fourth-order valence-corrected chi connectivity index (χ4v) is 16.9. The molecule has 126 heavy (non-hydrogen) atoms. The lowest BCUT2D eigenvalue weighted by Crippen LogP contribution is -2.61. The Hall–Kier alpha value is -8.08. The number of aromatic nitrogens is 5. The number of H-pyrrole nitrogens is 1. The van der Waals surface area contributed by atoms with Crippen molar-refractivity contribution in [2.45, 2.75) is 211 Å². The number of benzene rings is 1. The Kier molecular flexibility index (Phi) is 42.9. The summed E-state index contributed by atoms with van der Waals surface area (Å²) in [6, 6.07) is 5.63. The van der Waals surface area contributed by atoms with E-state index in [4.69, 9.17) is 87.5 Å². The van der Waals surface area contributed by atoms with Gasteiger partial charge in [0, 0.05) is 87.7 Å². The molecule has 3 aromatic heterocycles. The van der Waals surface area contributed by atoms with E-state index in [-0.39, 0.29) is 80.7 Å². The second-order valence-corrected chi connectivity index (χ2v) is 33.6. The van der Waals surface area contributed by atoms with Gasteiger partial charge in [-0.25, -0.2) is 24.1 Å². The number of esters is 1. The van der Waals surface area contributed by atoms with Gasteiger partial charge < -0.3 is 118 Å². The third kappa shape index (κ3) is 30.5. The largest absolute Gasteiger partial charge is 0.495 e. The van der Waals surface area contributed by atoms with E-state index in [9.17, 15) is 48.9 Å². The van der Waals surface area contributed by atoms with E-state index in [2.05, 4.69) is 25.7 Å². The number of methoxy groups -OCH3 is 3. The summed E-state index contributed by atoms with van der Waals surface area (Å²) in [6.45, 7) is 17.6. The van der Waals surface area contributed by atoms with Crippen molar-refractivity contribution >= 4 is 63.5 Å². The number of hydrogen-bond donors (Lipinski definition) is 8. The van der Waals surface area contributed by atoms with Gasteiger partial charge in [0.25, 0.3) is 11.7 Å². The summed E-state index contributed by atoms with van der Waals surface area (Å²) in [6.07, 6.45) is 11.2. The first-order chi connectivity index (χ1) is 60.8. The minimum absolute atomic E-state index is 0.00151. The number of amides is 3. The topological polar surface area (TPSA) is 457 Å². The van der Waals surface area contributed by atoms with E-state index in [1.54, 1.807) is 39.5 Å². The predicted molar refractivity (Wildman–Crippen MR) is 466 cm³/mol. The number of carbonyl (C=O) groups is 7. The smallest absolute Gasteiger partial charge is 0.407 e. The highest BCUT2D eigenvalue weighted by Crippen LogP contribution is 2.42. The highest BCUT2D eigenvalue weighted by atomic mass is 16.6. The fourth-order valence-electron chi connectivity index (χ4n) is 16.9. The van der Waals surface area contributed by atoms with Crippen LogP contribution in [0.25, 0.3) is 27.8 Å². The van der Waals surface area contributed by atoms with E-state index in [1.807, 2.05) is 68.5 Å². The number of fused-ring (bicyclic) bond motifs is 5. The van der Waals surface area contributed by atoms with Gasteiger partial charge in [0.05, 0.1) is 156 Å². The van der Waals surface area contributed by atoms with Crippen LogP contribution < -0.4 is 26.8 Å². The molecule has 3 aliphatic heterocycles. The number of anilines is 1. The number of piperidine rings is 1. The molecule has 2 bridgehead atoms. The van der Waals surface area contributed by atoms with E-state index >= 15 is 0 Å². The molecule has 2 aliphatic carbocycles. The molecule has 5 aliphatic rings. The minimum atomic E-state index is -2.51. The lowest BCUT2D eigenvalue weighted by molar-refractivity contribution is -0.265. The molecular formula is C91H138N10O25. The van der Waals surface area contributed by atoms with Crippen molar-refractivity contribution in [3.63, 3.8) is 0 Å². The summed E-state index contributed by atoms with van der Waals surface area (Å²) in [5, 5.41) is 45.9. The maximum absolute atomic E-state index is 14.6. The quantitative estimate of drug-likeness (QED) is 0.00932. The van der Waals surface area contributed by atoms with Crippen LogP contribution in [-0.4, -0.2) is 306 Å². The molecule has 35 heteroatoms. The van der Waals surface area contributed by atoms with Crippen LogP contribution >= 0.6 is 0 Å². The summed E-state index contributed by atoms with van der Waals surface area (Å²) in [4.78, 5) is 112. The average Bonchev–Trinajstić information content (AvgIpc) is 1.57. The first-order valence-corrected chi connectivity index (χ1v) is 44.8. The van der Waals surface area contributed by atoms with E-state index in [0.717, 1.165) is 64.3 Å². The molecule has 3 amide bonds. The third-order valence-electron chi connectivity index (χ3n) is 24.3. The van der Waals surface area contributed by atoms with Gasteiger partial charge in [0.15, 0.2) is 11.6 Å². The molecule has 0 unspecified atom stereocenters. The number of rotatable bonds is 40. The molecule has 6 heterocycles. The van der Waals surface area contributed by atoms with Crippen molar-refractivity contribution in [3.05, 3.63) is 84.0 Å². The maximum Gasteiger partial charge on any atom is 0.407 e. The number of nitrogens with zero attached hydrogens (tertiary/aromatic N) is 5. The summed E-state index contributed by atoms with van der Waals surface area (Å²) in [5.41, 5.74) is 17.4. The number of nitrogens with one attached hydrogen (secondary N) is 3. The molecular weight excluding hydrogens is 1630 g/mol. The second kappa shape index (κ2) is 53.2. The Labute approximate surface area is 739 Å². The van der Waals surface area contributed by atoms with Crippen molar-refractivity contribution in [1.29, 1.82) is 0 Å². The number of carbonyl (C=O) groups excluding carboxylic acids is 7. The summed E-state index contributed by atoms with van der Waals surface area (Å²) in [5.74, 6) is -7.40. The van der Waals surface area contributed by atoms with Crippen molar-refractivity contribution in [3.8, 4) is 17.1 Å². The predicted octanol–water partition coefficient (Wildman–Crippen LogP) is 7.37. The molecule has 35 nitrogen and oxygen atoms in total. The molecule has 0 radical (unpaired) electrons. The monoisotopic (exact) mass is 1770 g/mol. The molecule has 15 atom stereocenters. The lowest BCUT2D eigenvalue weighted by Gasteiger charge is -2.42. The number of aliphatic hydroxyl groups excluding tert-OH is 2. The normalized spacial score (nSPS) is 28.4. The van der Waals surface area contributed by atoms with Crippen molar-refractivity contribution in [2.75, 3.05) is 166 Å². The summed E-state index contributed by atoms with van der Waals surface area (Å²) < 4.78 is 87.9. The highest BCUT2D eigenvalue weighted by molar-refractivity contribution is 6.39. The SMILES string of the molecule is COc1cccc2cc(-c3nc(C4CCC(C(=O)NCCOCCOCCOCCOCCOCCOCCOCCOCCOCCNC(=O)O[C@@H]5CC[C@@H](C[C@@H](N)[C@@H]6CC(=O)[C@H](C)/C=C(\C)[C@@H](O)[C@@H](O)C(=O)[C@H](C)C[C@H](C)/C=C/C=C/C=C(\C)[C@@H](OC)C[C@@H]7CC[C@@H](C)[C@@](O)(O7)C(=O)C(=O)N7CCCC[C@H]7C(=O)O6)C[C@H]5OC)CC4)n4ncnc(N)c34)[nH]c12. The van der Waals surface area contributed by atoms with Crippen LogP contribution in [0.1, 0.15) is 156 Å². The highest BCUT2D eigenvalue weighted by Gasteiger charge is 2.53. The van der Waals surface area contributed by atoms with Crippen LogP contribution in [0, 0.1) is 35.5 Å². The molecule has 0 spiro atoms. The Morgan fingerprint density at radius 1 is 0.690 bits per heavy atom. The van der Waals surface area contributed by atoms with Crippen LogP contribution in [0.5, 0.6) is 5.75 Å². The molecule has 702 valence electrons. The number of nitrogen functional groups attached to an aromatic ring is 1. The number of allylic oxidation sites excluding steroid dienone is 6. The number of nitrogens with two attached hydrogens (primary N) is 2. The van der Waals surface area contributed by atoms with Crippen LogP contribution in [0.15, 0.2) is 78.2 Å². The lowest BCUT2D eigenvalue weighted by atomic mass is 9.80. The molecule has 9 rings (SSSR count). The molecule has 10 N–H and O–H groups in total. The zero-order chi connectivity index (χ0) is 90.5. The van der Waals surface area contributed by atoms with Crippen LogP contribution in [0.2, 0.25) is 0 Å². The Balaban J connectivity index is 0.577. The van der Waals surface area contributed by atoms with Gasteiger partial charge in [-0.3, -0.25) is 24.0 Å². The number of cyclic esters (lactones) is 1. The van der Waals surface area contributed by atoms with Gasteiger partial charge in [-0.2, -0.15) is 5.10 Å². The molecule has 1 aromatic carbocycles. The fraction of sp³-hybridized carbons (Fsp3) is 0.692. The number of aromatic amines is 1. The number of imidazole rings is 1. The van der Waals surface area contributed by atoms with E-state index in [1.165, 1.54) is 26.4 Å². The van der Waals surface area contributed by atoms with Crippen LogP contribution in [-0.2, 0) is 95.1 Å². The zero-order valence-electron chi connectivity index (χ0n) is 75.0. The van der Waals surface area contributed by atoms with Gasteiger partial charge in [-0.05, 0) is 139 Å². The number of para-hydroxylation sites is 1. The van der Waals surface area contributed by atoms with Gasteiger partial charge in [-0.15, -0.1) is 0 Å². The minimum Gasteiger partial charge on any atom is -0.495 e. The number of alkyl carbamates (subject to hydrolysis) is 1. The number of aliphatic hydroxyl groups is 3. The second-order valence-electron chi connectivity index (χ2n) is 33.6. The Morgan fingerprint density at radius 2 is 1.31 bits per heavy atom. The number of Topliss-reactive ketones (excluding diaryl/α,β-unsaturated/α-hetero) is 3. The first-order valence-electron chi connectivity index (χ1n) is 44.8.